The molecule has 12 heteroatoms. The third kappa shape index (κ3) is 5.81. The Labute approximate surface area is 238 Å². The largest absolute Gasteiger partial charge is 0.482 e. The Morgan fingerprint density at radius 2 is 1.83 bits per heavy atom. The van der Waals surface area contributed by atoms with E-state index < -0.39 is 29.2 Å². The molecule has 3 aromatic carbocycles. The van der Waals surface area contributed by atoms with Gasteiger partial charge in [0.25, 0.3) is 5.69 Å². The molecule has 0 saturated carbocycles. The van der Waals surface area contributed by atoms with Gasteiger partial charge in [-0.25, -0.2) is 4.79 Å². The molecule has 5 rings (SSSR count). The molecular weight excluding hydrogens is 555 g/mol. The molecule has 1 aromatic heterocycles. The maximum Gasteiger partial charge on any atom is 0.422 e. The number of nitro groups is 1. The molecule has 0 bridgehead atoms. The molecular formula is C30H28F3N3O6. The number of nitrogens with zero attached hydrogens (tertiary/aromatic N) is 3. The van der Waals surface area contributed by atoms with Gasteiger partial charge in [0.2, 0.25) is 5.60 Å². The van der Waals surface area contributed by atoms with Gasteiger partial charge in [-0.15, -0.1) is 0 Å². The average molecular weight is 584 g/mol. The predicted molar refractivity (Wildman–Crippen MR) is 147 cm³/mol. The van der Waals surface area contributed by atoms with Gasteiger partial charge in [-0.2, -0.15) is 13.2 Å². The molecule has 42 heavy (non-hydrogen) atoms. The Balaban J connectivity index is 1.48. The number of ether oxygens (including phenoxy) is 2. The van der Waals surface area contributed by atoms with Gasteiger partial charge < -0.3 is 19.1 Å². The number of benzene rings is 3. The van der Waals surface area contributed by atoms with Crippen molar-refractivity contribution in [2.24, 2.45) is 0 Å². The summed E-state index contributed by atoms with van der Waals surface area (Å²) in [6.45, 7) is -0.456. The fourth-order valence-corrected chi connectivity index (χ4v) is 5.30. The summed E-state index contributed by atoms with van der Waals surface area (Å²) < 4.78 is 55.9. The molecule has 0 spiro atoms. The lowest BCUT2D eigenvalue weighted by Gasteiger charge is -2.38. The number of esters is 1. The molecule has 4 aromatic rings. The smallest absolute Gasteiger partial charge is 0.422 e. The van der Waals surface area contributed by atoms with Crippen LogP contribution in [0.15, 0.2) is 72.9 Å². The SMILES string of the molecule is COC(=O)COc1ccc2c(c1)CCN(CC(O)(c1cn(Cc3ccccc3)c3cc([N+](=O)[O-])ccc13)C(F)(F)F)C2. The average Bonchev–Trinajstić information content (AvgIpc) is 3.33. The van der Waals surface area contributed by atoms with Crippen molar-refractivity contribution in [3.8, 4) is 5.75 Å². The van der Waals surface area contributed by atoms with E-state index in [4.69, 9.17) is 4.74 Å². The number of carbonyl (C=O) groups excluding carboxylic acids is 1. The Morgan fingerprint density at radius 1 is 1.07 bits per heavy atom. The second-order valence-corrected chi connectivity index (χ2v) is 10.2. The molecule has 0 amide bonds. The van der Waals surface area contributed by atoms with Gasteiger partial charge in [0.1, 0.15) is 5.75 Å². The number of carbonyl (C=O) groups is 1. The van der Waals surface area contributed by atoms with E-state index in [0.29, 0.717) is 12.2 Å². The number of non-ortho nitro benzene ring substituents is 1. The first-order chi connectivity index (χ1) is 20.0. The van der Waals surface area contributed by atoms with Gasteiger partial charge in [-0.1, -0.05) is 36.4 Å². The first-order valence-electron chi connectivity index (χ1n) is 13.1. The van der Waals surface area contributed by atoms with Gasteiger partial charge in [-0.3, -0.25) is 15.0 Å². The van der Waals surface area contributed by atoms with Crippen molar-refractivity contribution in [3.63, 3.8) is 0 Å². The van der Waals surface area contributed by atoms with E-state index in [1.165, 1.54) is 34.9 Å². The van der Waals surface area contributed by atoms with E-state index in [1.807, 2.05) is 6.07 Å². The van der Waals surface area contributed by atoms with Crippen LogP contribution in [0, 0.1) is 10.1 Å². The monoisotopic (exact) mass is 583 g/mol. The van der Waals surface area contributed by atoms with Crippen molar-refractivity contribution in [2.45, 2.75) is 31.3 Å². The minimum Gasteiger partial charge on any atom is -0.482 e. The molecule has 0 saturated heterocycles. The second-order valence-electron chi connectivity index (χ2n) is 10.2. The zero-order valence-electron chi connectivity index (χ0n) is 22.6. The van der Waals surface area contributed by atoms with Gasteiger partial charge in [-0.05, 0) is 41.3 Å². The van der Waals surface area contributed by atoms with Crippen LogP contribution in [0.1, 0.15) is 22.3 Å². The molecule has 0 fully saturated rings. The van der Waals surface area contributed by atoms with Gasteiger partial charge in [0, 0.05) is 55.5 Å². The summed E-state index contributed by atoms with van der Waals surface area (Å²) in [5, 5.41) is 23.0. The van der Waals surface area contributed by atoms with Crippen LogP contribution in [0.5, 0.6) is 5.75 Å². The topological polar surface area (TPSA) is 107 Å². The van der Waals surface area contributed by atoms with Gasteiger partial charge in [0.05, 0.1) is 17.5 Å². The van der Waals surface area contributed by atoms with Crippen molar-refractivity contribution in [3.05, 3.63) is 105 Å². The Hall–Kier alpha value is -4.42. The predicted octanol–water partition coefficient (Wildman–Crippen LogP) is 4.96. The molecule has 1 unspecified atom stereocenters. The zero-order valence-corrected chi connectivity index (χ0v) is 22.6. The molecule has 9 nitrogen and oxygen atoms in total. The minimum atomic E-state index is -5.05. The van der Waals surface area contributed by atoms with Crippen LogP contribution in [0.3, 0.4) is 0 Å². The van der Waals surface area contributed by atoms with Crippen molar-refractivity contribution < 1.29 is 37.5 Å². The summed E-state index contributed by atoms with van der Waals surface area (Å²) in [6, 6.07) is 17.7. The number of hydrogen-bond donors (Lipinski definition) is 1. The van der Waals surface area contributed by atoms with E-state index in [0.717, 1.165) is 22.8 Å². The number of rotatable bonds is 9. The van der Waals surface area contributed by atoms with E-state index >= 15 is 0 Å². The highest BCUT2D eigenvalue weighted by Gasteiger charge is 2.57. The highest BCUT2D eigenvalue weighted by Crippen LogP contribution is 2.44. The van der Waals surface area contributed by atoms with Crippen LogP contribution < -0.4 is 4.74 Å². The Morgan fingerprint density at radius 3 is 2.52 bits per heavy atom. The second kappa shape index (κ2) is 11.5. The molecule has 1 aliphatic rings. The number of hydrogen-bond acceptors (Lipinski definition) is 7. The van der Waals surface area contributed by atoms with Crippen molar-refractivity contribution in [1.82, 2.24) is 9.47 Å². The van der Waals surface area contributed by atoms with Crippen LogP contribution in [0.4, 0.5) is 18.9 Å². The Bertz CT molecular complexity index is 1620. The van der Waals surface area contributed by atoms with Crippen LogP contribution in [-0.2, 0) is 34.6 Å². The highest BCUT2D eigenvalue weighted by atomic mass is 19.4. The maximum atomic E-state index is 14.8. The quantitative estimate of drug-likeness (QED) is 0.169. The molecule has 220 valence electrons. The molecule has 1 atom stereocenters. The summed E-state index contributed by atoms with van der Waals surface area (Å²) >= 11 is 0. The molecule has 0 aliphatic carbocycles. The lowest BCUT2D eigenvalue weighted by atomic mass is 9.90. The standard InChI is InChI=1S/C30H28F3N3O6/c1-41-28(37)18-42-24-9-7-22-16-34(12-11-21(22)13-24)19-29(38,30(31,32)33)26-17-35(15-20-5-3-2-4-6-20)27-14-23(36(39)40)8-10-25(26)27/h2-10,13-14,17,38H,11-12,15-16,18-19H2,1H3. The van der Waals surface area contributed by atoms with E-state index in [9.17, 15) is 33.2 Å². The number of halogens is 3. The number of fused-ring (bicyclic) bond motifs is 2. The number of nitro benzene ring substituents is 1. The van der Waals surface area contributed by atoms with Crippen molar-refractivity contribution in [2.75, 3.05) is 26.8 Å². The summed E-state index contributed by atoms with van der Waals surface area (Å²) in [6.07, 6.45) is -3.40. The molecule has 2 heterocycles. The number of β-amino-alcohol motifs (C(OH)–C–C–N with tert-alkyl or cyclic N) is 1. The number of aliphatic hydroxyl groups is 1. The lowest BCUT2D eigenvalue weighted by molar-refractivity contribution is -0.384. The summed E-state index contributed by atoms with van der Waals surface area (Å²) in [5.41, 5.74) is -1.24. The highest BCUT2D eigenvalue weighted by molar-refractivity contribution is 5.87. The number of methoxy groups -OCH3 is 1. The van der Waals surface area contributed by atoms with Gasteiger partial charge in [0.15, 0.2) is 6.61 Å². The fraction of sp³-hybridized carbons (Fsp3) is 0.300. The normalized spacial score (nSPS) is 15.2. The molecule has 1 N–H and O–H groups in total. The summed E-state index contributed by atoms with van der Waals surface area (Å²) in [4.78, 5) is 23.8. The third-order valence-corrected chi connectivity index (χ3v) is 7.49. The fourth-order valence-electron chi connectivity index (χ4n) is 5.30. The van der Waals surface area contributed by atoms with Crippen LogP contribution in [-0.4, -0.2) is 58.4 Å². The first-order valence-corrected chi connectivity index (χ1v) is 13.1. The van der Waals surface area contributed by atoms with Crippen LogP contribution >= 0.6 is 0 Å². The number of alkyl halides is 3. The summed E-state index contributed by atoms with van der Waals surface area (Å²) in [7, 11) is 1.25. The van der Waals surface area contributed by atoms with E-state index in [2.05, 4.69) is 4.74 Å². The first kappa shape index (κ1) is 29.1. The van der Waals surface area contributed by atoms with Gasteiger partial charge >= 0.3 is 12.1 Å². The molecule has 1 aliphatic heterocycles. The summed E-state index contributed by atoms with van der Waals surface area (Å²) in [5.74, 6) is -0.0928. The lowest BCUT2D eigenvalue weighted by Crippen LogP contribution is -2.52. The van der Waals surface area contributed by atoms with Crippen LogP contribution in [0.25, 0.3) is 10.9 Å². The van der Waals surface area contributed by atoms with E-state index in [-0.39, 0.29) is 48.4 Å². The van der Waals surface area contributed by atoms with Crippen LogP contribution in [0.2, 0.25) is 0 Å². The minimum absolute atomic E-state index is 0.0844. The van der Waals surface area contributed by atoms with Crippen molar-refractivity contribution >= 4 is 22.6 Å². The maximum absolute atomic E-state index is 14.8. The molecule has 0 radical (unpaired) electrons. The number of aromatic nitrogens is 1. The third-order valence-electron chi connectivity index (χ3n) is 7.49. The van der Waals surface area contributed by atoms with Crippen molar-refractivity contribution in [1.29, 1.82) is 0 Å². The van der Waals surface area contributed by atoms with E-state index in [1.54, 1.807) is 42.5 Å². The Kier molecular flexibility index (Phi) is 7.93. The zero-order chi connectivity index (χ0) is 30.1.